The molecule has 1 saturated heterocycles. The van der Waals surface area contributed by atoms with Crippen LogP contribution in [0, 0.1) is 6.92 Å². The molecule has 0 unspecified atom stereocenters. The summed E-state index contributed by atoms with van der Waals surface area (Å²) in [5.41, 5.74) is 0.613. The Morgan fingerprint density at radius 1 is 1.15 bits per heavy atom. The maximum absolute atomic E-state index is 13.5. The first-order valence-electron chi connectivity index (χ1n) is 11.5. The van der Waals surface area contributed by atoms with E-state index in [1.807, 2.05) is 0 Å². The Morgan fingerprint density at radius 2 is 1.87 bits per heavy atom. The van der Waals surface area contributed by atoms with E-state index < -0.39 is 29.5 Å². The van der Waals surface area contributed by atoms with Gasteiger partial charge in [0, 0.05) is 5.56 Å². The number of aryl methyl sites for hydroxylation is 1. The lowest BCUT2D eigenvalue weighted by atomic mass is 9.95. The first kappa shape index (κ1) is 26.5. The summed E-state index contributed by atoms with van der Waals surface area (Å²) in [7, 11) is 2.57. The van der Waals surface area contributed by atoms with Crippen molar-refractivity contribution in [2.24, 2.45) is 0 Å². The monoisotopic (exact) mass is 616 g/mol. The zero-order valence-corrected chi connectivity index (χ0v) is 23.2. The van der Waals surface area contributed by atoms with Gasteiger partial charge in [-0.1, -0.05) is 11.3 Å². The highest BCUT2D eigenvalue weighted by Gasteiger charge is 2.49. The molecule has 1 aromatic heterocycles. The SMILES string of the molecule is COC(=O)c1sc(N2C(=O)C(=O)C(=C(O)c3ccc4c(c3)OCCO4)[C@@H]2c2cc(Br)c(O)c(OC)c2)nc1C. The zero-order valence-electron chi connectivity index (χ0n) is 20.8. The number of amides is 1. The first-order valence-corrected chi connectivity index (χ1v) is 13.1. The van der Waals surface area contributed by atoms with E-state index in [2.05, 4.69) is 20.9 Å². The number of anilines is 1. The Kier molecular flexibility index (Phi) is 6.95. The van der Waals surface area contributed by atoms with Crippen LogP contribution in [0.1, 0.15) is 32.5 Å². The van der Waals surface area contributed by atoms with Gasteiger partial charge >= 0.3 is 11.9 Å². The van der Waals surface area contributed by atoms with Crippen molar-refractivity contribution in [1.29, 1.82) is 0 Å². The fraction of sp³-hybridized carbons (Fsp3) is 0.231. The van der Waals surface area contributed by atoms with Crippen molar-refractivity contribution in [3.8, 4) is 23.0 Å². The van der Waals surface area contributed by atoms with Crippen LogP contribution in [0.3, 0.4) is 0 Å². The van der Waals surface area contributed by atoms with Crippen molar-refractivity contribution < 1.29 is 43.5 Å². The molecule has 0 spiro atoms. The summed E-state index contributed by atoms with van der Waals surface area (Å²) in [5, 5.41) is 21.9. The van der Waals surface area contributed by atoms with Gasteiger partial charge in [0.2, 0.25) is 0 Å². The lowest BCUT2D eigenvalue weighted by Gasteiger charge is -2.24. The number of phenolic OH excluding ortho intramolecular Hbond substituents is 1. The number of aliphatic hydroxyl groups is 1. The fourth-order valence-electron chi connectivity index (χ4n) is 4.37. The summed E-state index contributed by atoms with van der Waals surface area (Å²) in [6.07, 6.45) is 0. The Labute approximate surface area is 234 Å². The minimum Gasteiger partial charge on any atom is -0.507 e. The number of esters is 1. The minimum absolute atomic E-state index is 0.0457. The quantitative estimate of drug-likeness (QED) is 0.186. The van der Waals surface area contributed by atoms with E-state index in [9.17, 15) is 24.6 Å². The number of rotatable bonds is 5. The van der Waals surface area contributed by atoms with Crippen LogP contribution >= 0.6 is 27.3 Å². The van der Waals surface area contributed by atoms with E-state index in [0.29, 0.717) is 36.0 Å². The minimum atomic E-state index is -1.19. The van der Waals surface area contributed by atoms with E-state index in [1.165, 1.54) is 32.4 Å². The number of carbonyl (C=O) groups excluding carboxylic acids is 3. The van der Waals surface area contributed by atoms with Crippen LogP contribution in [0.5, 0.6) is 23.0 Å². The third-order valence-corrected chi connectivity index (χ3v) is 7.95. The molecule has 1 amide bonds. The van der Waals surface area contributed by atoms with Crippen molar-refractivity contribution >= 4 is 55.8 Å². The van der Waals surface area contributed by atoms with Gasteiger partial charge in [0.15, 0.2) is 28.1 Å². The largest absolute Gasteiger partial charge is 0.507 e. The number of methoxy groups -OCH3 is 2. The molecule has 2 N–H and O–H groups in total. The number of aromatic nitrogens is 1. The highest BCUT2D eigenvalue weighted by atomic mass is 79.9. The van der Waals surface area contributed by atoms with Crippen molar-refractivity contribution in [3.05, 3.63) is 62.1 Å². The van der Waals surface area contributed by atoms with Crippen LogP contribution < -0.4 is 19.1 Å². The van der Waals surface area contributed by atoms with Gasteiger partial charge in [-0.2, -0.15) is 0 Å². The number of ketones is 1. The van der Waals surface area contributed by atoms with E-state index >= 15 is 0 Å². The van der Waals surface area contributed by atoms with Gasteiger partial charge in [-0.25, -0.2) is 9.78 Å². The number of fused-ring (bicyclic) bond motifs is 1. The molecule has 0 radical (unpaired) electrons. The Bertz CT molecular complexity index is 1560. The Hall–Kier alpha value is -4.10. The molecule has 13 heteroatoms. The molecule has 1 fully saturated rings. The number of aromatic hydroxyl groups is 1. The fourth-order valence-corrected chi connectivity index (χ4v) is 5.84. The second kappa shape index (κ2) is 10.2. The second-order valence-corrected chi connectivity index (χ2v) is 10.3. The third-order valence-electron chi connectivity index (χ3n) is 6.21. The molecule has 2 aliphatic rings. The lowest BCUT2D eigenvalue weighted by molar-refractivity contribution is -0.132. The molecular formula is C26H21BrN2O9S. The average Bonchev–Trinajstić information content (AvgIpc) is 3.45. The number of hydrogen-bond donors (Lipinski definition) is 2. The molecular weight excluding hydrogens is 596 g/mol. The number of Topliss-reactive ketones (excluding diaryl/α,β-unsaturated/α-hetero) is 1. The number of hydrogen-bond acceptors (Lipinski definition) is 11. The van der Waals surface area contributed by atoms with Crippen molar-refractivity contribution in [2.45, 2.75) is 13.0 Å². The molecule has 2 aliphatic heterocycles. The number of benzene rings is 2. The van der Waals surface area contributed by atoms with Crippen LogP contribution in [0.25, 0.3) is 5.76 Å². The summed E-state index contributed by atoms with van der Waals surface area (Å²) in [6, 6.07) is 6.42. The lowest BCUT2D eigenvalue weighted by Crippen LogP contribution is -2.29. The van der Waals surface area contributed by atoms with Crippen molar-refractivity contribution in [1.82, 2.24) is 4.98 Å². The molecule has 2 aromatic carbocycles. The summed E-state index contributed by atoms with van der Waals surface area (Å²) in [4.78, 5) is 44.9. The van der Waals surface area contributed by atoms with Crippen LogP contribution in [0.15, 0.2) is 40.4 Å². The van der Waals surface area contributed by atoms with Gasteiger partial charge in [-0.3, -0.25) is 14.5 Å². The van der Waals surface area contributed by atoms with Crippen molar-refractivity contribution in [2.75, 3.05) is 32.3 Å². The first-order chi connectivity index (χ1) is 18.7. The van der Waals surface area contributed by atoms with Crippen LogP contribution in [0.2, 0.25) is 0 Å². The van der Waals surface area contributed by atoms with Gasteiger partial charge in [-0.05, 0) is 58.7 Å². The van der Waals surface area contributed by atoms with E-state index in [-0.39, 0.29) is 37.1 Å². The van der Waals surface area contributed by atoms with Crippen LogP contribution in [0.4, 0.5) is 5.13 Å². The topological polar surface area (TPSA) is 145 Å². The molecule has 39 heavy (non-hydrogen) atoms. The number of halogens is 1. The number of phenols is 1. The highest BCUT2D eigenvalue weighted by Crippen LogP contribution is 2.47. The molecule has 202 valence electrons. The number of nitrogens with zero attached hydrogens (tertiary/aromatic N) is 2. The summed E-state index contributed by atoms with van der Waals surface area (Å²) >= 11 is 4.15. The molecule has 5 rings (SSSR count). The Morgan fingerprint density at radius 3 is 2.56 bits per heavy atom. The molecule has 3 heterocycles. The van der Waals surface area contributed by atoms with Crippen LogP contribution in [-0.2, 0) is 14.3 Å². The van der Waals surface area contributed by atoms with Gasteiger partial charge in [-0.15, -0.1) is 0 Å². The predicted molar refractivity (Wildman–Crippen MR) is 143 cm³/mol. The summed E-state index contributed by atoms with van der Waals surface area (Å²) < 4.78 is 21.5. The zero-order chi connectivity index (χ0) is 28.0. The molecule has 1 atom stereocenters. The number of ether oxygens (including phenoxy) is 4. The highest BCUT2D eigenvalue weighted by molar-refractivity contribution is 9.10. The molecule has 11 nitrogen and oxygen atoms in total. The van der Waals surface area contributed by atoms with Crippen molar-refractivity contribution in [3.63, 3.8) is 0 Å². The molecule has 0 bridgehead atoms. The van der Waals surface area contributed by atoms with Gasteiger partial charge < -0.3 is 29.2 Å². The van der Waals surface area contributed by atoms with Gasteiger partial charge in [0.25, 0.3) is 5.78 Å². The van der Waals surface area contributed by atoms with E-state index in [0.717, 1.165) is 16.2 Å². The number of carbonyl (C=O) groups is 3. The van der Waals surface area contributed by atoms with E-state index in [1.54, 1.807) is 19.1 Å². The molecule has 3 aromatic rings. The maximum atomic E-state index is 13.5. The summed E-state index contributed by atoms with van der Waals surface area (Å²) in [6.45, 7) is 2.27. The standard InChI is InChI=1S/C26H21BrN2O9S/c1-11-23(25(34)36-3)39-26(28-11)29-19(13-8-14(27)21(31)17(10-13)35-2)18(22(32)24(29)33)20(30)12-4-5-15-16(9-12)38-7-6-37-15/h4-5,8-10,19,30-31H,6-7H2,1-3H3/t19-/m0/s1. The predicted octanol–water partition coefficient (Wildman–Crippen LogP) is 4.11. The van der Waals surface area contributed by atoms with Gasteiger partial charge in [0.05, 0.1) is 36.0 Å². The van der Waals surface area contributed by atoms with E-state index in [4.69, 9.17) is 18.9 Å². The van der Waals surface area contributed by atoms with Crippen LogP contribution in [-0.4, -0.2) is 60.3 Å². The second-order valence-electron chi connectivity index (χ2n) is 8.48. The third kappa shape index (κ3) is 4.46. The van der Waals surface area contributed by atoms with Gasteiger partial charge in [0.1, 0.15) is 23.9 Å². The smallest absolute Gasteiger partial charge is 0.350 e. The number of thiazole rings is 1. The number of aliphatic hydroxyl groups excluding tert-OH is 1. The summed E-state index contributed by atoms with van der Waals surface area (Å²) in [5.74, 6) is -2.30. The average molecular weight is 617 g/mol. The molecule has 0 aliphatic carbocycles. The normalized spacial score (nSPS) is 17.8. The molecule has 0 saturated carbocycles. The Balaban J connectivity index is 1.74. The maximum Gasteiger partial charge on any atom is 0.350 e.